The van der Waals surface area contributed by atoms with E-state index < -0.39 is 0 Å². The Balaban J connectivity index is 2.02. The lowest BCUT2D eigenvalue weighted by atomic mass is 10.2. The van der Waals surface area contributed by atoms with Gasteiger partial charge in [-0.1, -0.05) is 6.42 Å². The highest BCUT2D eigenvalue weighted by molar-refractivity contribution is 7.99. The Labute approximate surface area is 111 Å². The summed E-state index contributed by atoms with van der Waals surface area (Å²) in [6.07, 6.45) is 7.06. The topological polar surface area (TPSA) is 80.0 Å². The van der Waals surface area contributed by atoms with Crippen LogP contribution in [0.2, 0.25) is 0 Å². The van der Waals surface area contributed by atoms with Gasteiger partial charge in [0.2, 0.25) is 0 Å². The number of aromatic nitrogens is 1. The van der Waals surface area contributed by atoms with Gasteiger partial charge in [-0.05, 0) is 31.2 Å². The molecule has 1 aliphatic rings. The fraction of sp³-hybridized carbons (Fsp3) is 0.500. The Hall–Kier alpha value is -1.27. The average Bonchev–Trinajstić information content (AvgIpc) is 2.86. The fourth-order valence-corrected chi connectivity index (χ4v) is 3.20. The number of carbonyl (C=O) groups excluding carboxylic acids is 1. The number of hydrogen-bond donors (Lipinski definition) is 3. The highest BCUT2D eigenvalue weighted by Gasteiger charge is 2.28. The van der Waals surface area contributed by atoms with Crippen LogP contribution < -0.4 is 16.6 Å². The molecule has 0 aromatic carbocycles. The van der Waals surface area contributed by atoms with Gasteiger partial charge in [-0.2, -0.15) is 11.8 Å². The smallest absolute Gasteiger partial charge is 0.270 e. The van der Waals surface area contributed by atoms with Crippen molar-refractivity contribution < 1.29 is 4.79 Å². The molecular formula is C12H18N4OS. The Bertz CT molecular complexity index is 426. The summed E-state index contributed by atoms with van der Waals surface area (Å²) in [6, 6.07) is 3.62. The highest BCUT2D eigenvalue weighted by atomic mass is 32.2. The van der Waals surface area contributed by atoms with Crippen LogP contribution in [0.5, 0.6) is 0 Å². The first kappa shape index (κ1) is 13.2. The van der Waals surface area contributed by atoms with Crippen molar-refractivity contribution in [3.63, 3.8) is 0 Å². The van der Waals surface area contributed by atoms with Gasteiger partial charge in [0.1, 0.15) is 5.69 Å². The summed E-state index contributed by atoms with van der Waals surface area (Å²) in [7, 11) is 0. The van der Waals surface area contributed by atoms with Crippen molar-refractivity contribution >= 4 is 23.4 Å². The van der Waals surface area contributed by atoms with Crippen molar-refractivity contribution in [2.45, 2.75) is 30.6 Å². The number of hydrazine groups is 1. The van der Waals surface area contributed by atoms with Crippen LogP contribution in [0.3, 0.4) is 0 Å². The highest BCUT2D eigenvalue weighted by Crippen LogP contribution is 2.28. The molecule has 0 spiro atoms. The second-order valence-electron chi connectivity index (χ2n) is 4.36. The van der Waals surface area contributed by atoms with E-state index in [4.69, 9.17) is 5.84 Å². The Morgan fingerprint density at radius 3 is 3.11 bits per heavy atom. The normalized spacial score (nSPS) is 22.8. The molecule has 0 bridgehead atoms. The van der Waals surface area contributed by atoms with Gasteiger partial charge in [-0.3, -0.25) is 15.6 Å². The number of thioether (sulfide) groups is 1. The molecule has 1 amide bonds. The van der Waals surface area contributed by atoms with E-state index >= 15 is 0 Å². The number of anilines is 1. The summed E-state index contributed by atoms with van der Waals surface area (Å²) >= 11 is 1.82. The van der Waals surface area contributed by atoms with Crippen molar-refractivity contribution in [2.75, 3.05) is 11.7 Å². The number of carbonyl (C=O) groups is 1. The molecule has 2 unspecified atom stereocenters. The summed E-state index contributed by atoms with van der Waals surface area (Å²) in [6.45, 7) is 0. The number of amides is 1. The lowest BCUT2D eigenvalue weighted by Crippen LogP contribution is -2.39. The maximum Gasteiger partial charge on any atom is 0.270 e. The van der Waals surface area contributed by atoms with Crippen LogP contribution in [0, 0.1) is 0 Å². The summed E-state index contributed by atoms with van der Waals surface area (Å²) in [4.78, 5) is 16.1. The molecule has 1 aromatic heterocycles. The summed E-state index contributed by atoms with van der Waals surface area (Å²) in [5.41, 5.74) is 3.60. The SMILES string of the molecule is CSC1CCCC1NC(=O)c1cc(NN)ccn1. The van der Waals surface area contributed by atoms with Crippen molar-refractivity contribution in [2.24, 2.45) is 5.84 Å². The average molecular weight is 266 g/mol. The van der Waals surface area contributed by atoms with Crippen LogP contribution in [-0.2, 0) is 0 Å². The van der Waals surface area contributed by atoms with Crippen LogP contribution in [0.25, 0.3) is 0 Å². The zero-order chi connectivity index (χ0) is 13.0. The van der Waals surface area contributed by atoms with Gasteiger partial charge in [0, 0.05) is 17.5 Å². The third-order valence-corrected chi connectivity index (χ3v) is 4.40. The van der Waals surface area contributed by atoms with Gasteiger partial charge >= 0.3 is 0 Å². The predicted molar refractivity (Wildman–Crippen MR) is 74.5 cm³/mol. The molecule has 6 heteroatoms. The van der Waals surface area contributed by atoms with Crippen molar-refractivity contribution in [3.8, 4) is 0 Å². The van der Waals surface area contributed by atoms with Gasteiger partial charge < -0.3 is 10.7 Å². The first-order chi connectivity index (χ1) is 8.74. The number of nitrogens with two attached hydrogens (primary N) is 1. The molecule has 5 nitrogen and oxygen atoms in total. The summed E-state index contributed by atoms with van der Waals surface area (Å²) in [5.74, 6) is 5.19. The van der Waals surface area contributed by atoms with Crippen LogP contribution in [0.4, 0.5) is 5.69 Å². The molecule has 1 aliphatic carbocycles. The Morgan fingerprint density at radius 1 is 1.56 bits per heavy atom. The van der Waals surface area contributed by atoms with Gasteiger partial charge in [-0.25, -0.2) is 0 Å². The molecule has 0 radical (unpaired) electrons. The van der Waals surface area contributed by atoms with E-state index in [0.717, 1.165) is 6.42 Å². The molecule has 2 rings (SSSR count). The predicted octanol–water partition coefficient (Wildman–Crippen LogP) is 1.38. The van der Waals surface area contributed by atoms with E-state index in [1.54, 1.807) is 18.3 Å². The van der Waals surface area contributed by atoms with E-state index in [-0.39, 0.29) is 11.9 Å². The number of nitrogens with zero attached hydrogens (tertiary/aromatic N) is 1. The van der Waals surface area contributed by atoms with Gasteiger partial charge in [0.05, 0.1) is 5.69 Å². The van der Waals surface area contributed by atoms with E-state index in [1.165, 1.54) is 12.8 Å². The monoisotopic (exact) mass is 266 g/mol. The lowest BCUT2D eigenvalue weighted by Gasteiger charge is -2.18. The number of rotatable bonds is 4. The molecule has 18 heavy (non-hydrogen) atoms. The third-order valence-electron chi connectivity index (χ3n) is 3.23. The van der Waals surface area contributed by atoms with Crippen LogP contribution in [0.15, 0.2) is 18.3 Å². The van der Waals surface area contributed by atoms with Crippen molar-refractivity contribution in [1.82, 2.24) is 10.3 Å². The molecule has 1 saturated carbocycles. The van der Waals surface area contributed by atoms with Crippen molar-refractivity contribution in [3.05, 3.63) is 24.0 Å². The van der Waals surface area contributed by atoms with E-state index in [1.807, 2.05) is 11.8 Å². The molecule has 2 atom stereocenters. The molecule has 4 N–H and O–H groups in total. The second-order valence-corrected chi connectivity index (χ2v) is 5.44. The number of nitrogens with one attached hydrogen (secondary N) is 2. The zero-order valence-electron chi connectivity index (χ0n) is 10.3. The van der Waals surface area contributed by atoms with Gasteiger partial charge in [0.15, 0.2) is 0 Å². The second kappa shape index (κ2) is 6.06. The third kappa shape index (κ3) is 2.94. The maximum atomic E-state index is 12.1. The molecule has 0 aliphatic heterocycles. The van der Waals surface area contributed by atoms with E-state index in [2.05, 4.69) is 22.0 Å². The lowest BCUT2D eigenvalue weighted by molar-refractivity contribution is 0.0933. The number of nitrogen functional groups attached to an aromatic ring is 1. The first-order valence-electron chi connectivity index (χ1n) is 6.01. The first-order valence-corrected chi connectivity index (χ1v) is 7.29. The minimum atomic E-state index is -0.127. The Morgan fingerprint density at radius 2 is 2.39 bits per heavy atom. The van der Waals surface area contributed by atoms with E-state index in [9.17, 15) is 4.79 Å². The zero-order valence-corrected chi connectivity index (χ0v) is 11.2. The molecule has 0 saturated heterocycles. The van der Waals surface area contributed by atoms with Crippen LogP contribution in [0.1, 0.15) is 29.8 Å². The maximum absolute atomic E-state index is 12.1. The minimum Gasteiger partial charge on any atom is -0.347 e. The minimum absolute atomic E-state index is 0.127. The molecular weight excluding hydrogens is 248 g/mol. The van der Waals surface area contributed by atoms with Crippen LogP contribution >= 0.6 is 11.8 Å². The van der Waals surface area contributed by atoms with Gasteiger partial charge in [0.25, 0.3) is 5.91 Å². The van der Waals surface area contributed by atoms with Crippen molar-refractivity contribution in [1.29, 1.82) is 0 Å². The van der Waals surface area contributed by atoms with Crippen LogP contribution in [-0.4, -0.2) is 28.4 Å². The number of hydrogen-bond acceptors (Lipinski definition) is 5. The molecule has 1 heterocycles. The Kier molecular flexibility index (Phi) is 4.43. The molecule has 1 fully saturated rings. The molecule has 98 valence electrons. The standard InChI is InChI=1S/C12H18N4OS/c1-18-11-4-2-3-9(11)15-12(17)10-7-8(16-13)5-6-14-10/h5-7,9,11H,2-4,13H2,1H3,(H,14,16)(H,15,17). The largest absolute Gasteiger partial charge is 0.347 e. The van der Waals surface area contributed by atoms with Gasteiger partial charge in [-0.15, -0.1) is 0 Å². The quantitative estimate of drug-likeness (QED) is 0.567. The summed E-state index contributed by atoms with van der Waals surface area (Å²) < 4.78 is 0. The number of pyridine rings is 1. The fourth-order valence-electron chi connectivity index (χ4n) is 2.26. The van der Waals surface area contributed by atoms with E-state index in [0.29, 0.717) is 16.6 Å². The molecule has 1 aromatic rings. The summed E-state index contributed by atoms with van der Waals surface area (Å²) in [5, 5.41) is 3.57.